The lowest BCUT2D eigenvalue weighted by Gasteiger charge is -2.30. The number of ether oxygens (including phenoxy) is 3. The highest BCUT2D eigenvalue weighted by molar-refractivity contribution is 6.01. The van der Waals surface area contributed by atoms with E-state index in [2.05, 4.69) is 32.6 Å². The Labute approximate surface area is 272 Å². The van der Waals surface area contributed by atoms with Crippen molar-refractivity contribution in [3.05, 3.63) is 69.3 Å². The monoisotopic (exact) mass is 641 g/mol. The molecule has 11 heteroatoms. The van der Waals surface area contributed by atoms with Gasteiger partial charge in [-0.15, -0.1) is 0 Å². The Hall–Kier alpha value is -4.19. The standard InChI is InChI=1S/C36H40FN5O5/c37-28-18-26-33-35(32(28)38-9-13-40-10-3-4-11-40)47-31-20-30-25(24-7-2-1-6-23(24)22-46-30)19-29(31)42(33)21-27(34(26)43)36(44)39-8-5-12-41-14-16-45-17-15-41/h1,6,18-21,38H,2-5,7-17,22H2,(H,39,44). The van der Waals surface area contributed by atoms with Gasteiger partial charge in [0.25, 0.3) is 5.91 Å². The van der Waals surface area contributed by atoms with Crippen LogP contribution in [-0.4, -0.2) is 92.5 Å². The quantitative estimate of drug-likeness (QED) is 0.254. The topological polar surface area (TPSA) is 97.3 Å². The summed E-state index contributed by atoms with van der Waals surface area (Å²) >= 11 is 0. The van der Waals surface area contributed by atoms with Gasteiger partial charge in [-0.25, -0.2) is 4.39 Å². The van der Waals surface area contributed by atoms with Crippen LogP contribution < -0.4 is 25.5 Å². The molecule has 0 unspecified atom stereocenters. The molecule has 4 aliphatic heterocycles. The van der Waals surface area contributed by atoms with Crippen LogP contribution in [-0.2, 0) is 4.74 Å². The van der Waals surface area contributed by atoms with Gasteiger partial charge in [0.2, 0.25) is 5.43 Å². The third kappa shape index (κ3) is 5.70. The first-order valence-corrected chi connectivity index (χ1v) is 16.9. The average Bonchev–Trinajstić information content (AvgIpc) is 3.62. The molecule has 47 heavy (non-hydrogen) atoms. The number of nitrogens with zero attached hydrogens (tertiary/aromatic N) is 3. The molecule has 2 aromatic carbocycles. The Balaban J connectivity index is 1.18. The molecule has 0 radical (unpaired) electrons. The van der Waals surface area contributed by atoms with Gasteiger partial charge < -0.3 is 34.3 Å². The maximum Gasteiger partial charge on any atom is 0.256 e. The molecular formula is C36H40FN5O5. The Kier molecular flexibility index (Phi) is 8.20. The van der Waals surface area contributed by atoms with E-state index in [0.717, 1.165) is 69.7 Å². The van der Waals surface area contributed by atoms with Gasteiger partial charge in [0.05, 0.1) is 24.3 Å². The Morgan fingerprint density at radius 2 is 1.81 bits per heavy atom. The van der Waals surface area contributed by atoms with Gasteiger partial charge in [-0.05, 0) is 75.0 Å². The first kappa shape index (κ1) is 30.2. The molecule has 2 saturated heterocycles. The molecule has 1 amide bonds. The summed E-state index contributed by atoms with van der Waals surface area (Å²) in [6.45, 7) is 8.28. The normalized spacial score (nSPS) is 18.7. The molecule has 10 nitrogen and oxygen atoms in total. The number of nitrogens with one attached hydrogen (secondary N) is 2. The second kappa shape index (κ2) is 12.8. The zero-order valence-electron chi connectivity index (χ0n) is 26.5. The van der Waals surface area contributed by atoms with Crippen LogP contribution in [0.2, 0.25) is 0 Å². The molecule has 3 aromatic rings. The molecule has 246 valence electrons. The van der Waals surface area contributed by atoms with Crippen LogP contribution in [0.4, 0.5) is 10.1 Å². The molecule has 1 aromatic heterocycles. The van der Waals surface area contributed by atoms with E-state index in [1.165, 1.54) is 24.5 Å². The molecule has 8 rings (SSSR count). The van der Waals surface area contributed by atoms with E-state index in [1.807, 2.05) is 16.7 Å². The van der Waals surface area contributed by atoms with E-state index >= 15 is 4.39 Å². The second-order valence-electron chi connectivity index (χ2n) is 12.9. The molecule has 0 atom stereocenters. The number of hydrogen-bond acceptors (Lipinski definition) is 8. The number of carbonyl (C=O) groups is 1. The summed E-state index contributed by atoms with van der Waals surface area (Å²) in [5.41, 5.74) is 4.09. The SMILES string of the molecule is O=C(NCCCN1CCOCC1)c1cn2c3c(c(NCCN4CCCC4)c(F)cc3c1=O)Oc1cc3c(cc1-2)C1=C(C=CCC1)CO3. The fourth-order valence-electron chi connectivity index (χ4n) is 7.41. The van der Waals surface area contributed by atoms with Crippen molar-refractivity contribution in [2.45, 2.75) is 32.1 Å². The zero-order valence-corrected chi connectivity index (χ0v) is 26.5. The number of morpholine rings is 1. The van der Waals surface area contributed by atoms with Crippen molar-refractivity contribution < 1.29 is 23.4 Å². The van der Waals surface area contributed by atoms with Crippen molar-refractivity contribution in [2.24, 2.45) is 0 Å². The molecule has 2 N–H and O–H groups in total. The summed E-state index contributed by atoms with van der Waals surface area (Å²) in [5, 5.41) is 6.30. The van der Waals surface area contributed by atoms with Gasteiger partial charge in [0, 0.05) is 50.6 Å². The molecule has 2 fully saturated rings. The van der Waals surface area contributed by atoms with Gasteiger partial charge in [0.1, 0.15) is 29.1 Å². The van der Waals surface area contributed by atoms with Crippen LogP contribution in [0.3, 0.4) is 0 Å². The second-order valence-corrected chi connectivity index (χ2v) is 12.9. The number of hydrogen-bond donors (Lipinski definition) is 2. The minimum absolute atomic E-state index is 0.0358. The van der Waals surface area contributed by atoms with E-state index in [4.69, 9.17) is 14.2 Å². The Morgan fingerprint density at radius 3 is 2.66 bits per heavy atom. The van der Waals surface area contributed by atoms with Crippen LogP contribution in [0.1, 0.15) is 48.0 Å². The minimum Gasteiger partial charge on any atom is -0.488 e. The van der Waals surface area contributed by atoms with Crippen LogP contribution >= 0.6 is 0 Å². The van der Waals surface area contributed by atoms with Gasteiger partial charge in [-0.2, -0.15) is 0 Å². The summed E-state index contributed by atoms with van der Waals surface area (Å²) in [5.74, 6) is 0.342. The number of rotatable bonds is 9. The lowest BCUT2D eigenvalue weighted by atomic mass is 9.89. The van der Waals surface area contributed by atoms with Crippen molar-refractivity contribution in [2.75, 3.05) is 77.5 Å². The first-order chi connectivity index (χ1) is 23.0. The van der Waals surface area contributed by atoms with Gasteiger partial charge in [-0.1, -0.05) is 12.2 Å². The molecule has 0 spiro atoms. The fraction of sp³-hybridized carbons (Fsp3) is 0.444. The number of carbonyl (C=O) groups excluding carboxylic acids is 1. The zero-order chi connectivity index (χ0) is 31.9. The first-order valence-electron chi connectivity index (χ1n) is 16.9. The maximum atomic E-state index is 15.9. The van der Waals surface area contributed by atoms with E-state index in [-0.39, 0.29) is 22.4 Å². The predicted molar refractivity (Wildman–Crippen MR) is 179 cm³/mol. The number of fused-ring (bicyclic) bond motifs is 4. The van der Waals surface area contributed by atoms with Crippen LogP contribution in [0.25, 0.3) is 22.2 Å². The van der Waals surface area contributed by atoms with E-state index in [9.17, 15) is 9.59 Å². The third-order valence-electron chi connectivity index (χ3n) is 9.92. The Morgan fingerprint density at radius 1 is 0.979 bits per heavy atom. The summed E-state index contributed by atoms with van der Waals surface area (Å²) < 4.78 is 35.8. The average molecular weight is 642 g/mol. The molecule has 0 bridgehead atoms. The lowest BCUT2D eigenvalue weighted by molar-refractivity contribution is 0.0374. The van der Waals surface area contributed by atoms with E-state index in [1.54, 1.807) is 6.20 Å². The predicted octanol–water partition coefficient (Wildman–Crippen LogP) is 4.69. The van der Waals surface area contributed by atoms with Crippen LogP contribution in [0, 0.1) is 5.82 Å². The number of aromatic nitrogens is 1. The van der Waals surface area contributed by atoms with E-state index in [0.29, 0.717) is 55.6 Å². The van der Waals surface area contributed by atoms with Crippen LogP contribution in [0.15, 0.2) is 46.9 Å². The molecule has 0 saturated carbocycles. The molecule has 1 aliphatic carbocycles. The van der Waals surface area contributed by atoms with E-state index < -0.39 is 17.2 Å². The summed E-state index contributed by atoms with van der Waals surface area (Å²) in [4.78, 5) is 32.1. The van der Waals surface area contributed by atoms with Crippen LogP contribution in [0.5, 0.6) is 17.2 Å². The van der Waals surface area contributed by atoms with Crippen molar-refractivity contribution in [3.63, 3.8) is 0 Å². The lowest BCUT2D eigenvalue weighted by Crippen LogP contribution is -2.38. The summed E-state index contributed by atoms with van der Waals surface area (Å²) in [6.07, 6.45) is 10.8. The summed E-state index contributed by atoms with van der Waals surface area (Å²) in [7, 11) is 0. The van der Waals surface area contributed by atoms with Crippen molar-refractivity contribution in [1.29, 1.82) is 0 Å². The molecule has 5 aliphatic rings. The third-order valence-corrected chi connectivity index (χ3v) is 9.92. The highest BCUT2D eigenvalue weighted by Gasteiger charge is 2.31. The highest BCUT2D eigenvalue weighted by atomic mass is 19.1. The number of amides is 1. The van der Waals surface area contributed by atoms with Crippen molar-refractivity contribution in [1.82, 2.24) is 19.7 Å². The minimum atomic E-state index is -0.595. The van der Waals surface area contributed by atoms with Gasteiger partial charge >= 0.3 is 0 Å². The number of likely N-dealkylation sites (tertiary alicyclic amines) is 1. The largest absolute Gasteiger partial charge is 0.488 e. The van der Waals surface area contributed by atoms with Gasteiger partial charge in [-0.3, -0.25) is 14.5 Å². The number of allylic oxidation sites excluding steroid dienone is 2. The number of pyridine rings is 1. The van der Waals surface area contributed by atoms with Crippen molar-refractivity contribution >= 4 is 28.1 Å². The van der Waals surface area contributed by atoms with Crippen molar-refractivity contribution in [3.8, 4) is 22.9 Å². The fourth-order valence-corrected chi connectivity index (χ4v) is 7.41. The van der Waals surface area contributed by atoms with Gasteiger partial charge in [0.15, 0.2) is 17.3 Å². The summed E-state index contributed by atoms with van der Waals surface area (Å²) in [6, 6.07) is 5.11. The number of halogens is 1. The molecule has 5 heterocycles. The number of anilines is 1. The maximum absolute atomic E-state index is 15.9. The highest BCUT2D eigenvalue weighted by Crippen LogP contribution is 2.49. The number of benzene rings is 2. The molecular weight excluding hydrogens is 601 g/mol. The Bertz CT molecular complexity index is 1850. The smallest absolute Gasteiger partial charge is 0.256 e.